The fourth-order valence-corrected chi connectivity index (χ4v) is 1.76. The molecule has 0 radical (unpaired) electrons. The van der Waals surface area contributed by atoms with Crippen LogP contribution in [0.25, 0.3) is 0 Å². The van der Waals surface area contributed by atoms with Gasteiger partial charge < -0.3 is 15.6 Å². The quantitative estimate of drug-likeness (QED) is 0.774. The maximum atomic E-state index is 11.8. The largest absolute Gasteiger partial charge is 0.480 e. The Hall–Kier alpha value is -2.08. The first-order valence-electron chi connectivity index (χ1n) is 7.38. The number of rotatable bonds is 2. The molecule has 0 aliphatic heterocycles. The lowest BCUT2D eigenvalue weighted by atomic mass is 9.98. The number of nitrogens with one attached hydrogen (secondary N) is 1. The molecule has 1 amide bonds. The number of aliphatic carboxylic acids is 1. The van der Waals surface area contributed by atoms with Crippen LogP contribution < -0.4 is 11.1 Å². The van der Waals surface area contributed by atoms with Crippen molar-refractivity contribution in [2.75, 3.05) is 11.9 Å². The molecule has 6 nitrogen and oxygen atoms in total. The number of carbonyl (C=O) groups is 2. The average molecular weight is 324 g/mol. The summed E-state index contributed by atoms with van der Waals surface area (Å²) in [6.45, 7) is 13.5. The Kier molecular flexibility index (Phi) is 7.75. The number of carboxylic acid groups (broad SMARTS) is 1. The van der Waals surface area contributed by atoms with Crippen molar-refractivity contribution in [3.63, 3.8) is 0 Å². The van der Waals surface area contributed by atoms with Gasteiger partial charge in [0, 0.05) is 5.69 Å². The number of aryl methyl sites for hydroxylation is 1. The summed E-state index contributed by atoms with van der Waals surface area (Å²) in [6, 6.07) is 1.99. The third kappa shape index (κ3) is 7.65. The predicted octanol–water partition coefficient (Wildman–Crippen LogP) is 3.30. The van der Waals surface area contributed by atoms with E-state index in [0.717, 1.165) is 11.3 Å². The fraction of sp³-hybridized carbons (Fsp3) is 0.529. The van der Waals surface area contributed by atoms with E-state index in [1.54, 1.807) is 0 Å². The van der Waals surface area contributed by atoms with Gasteiger partial charge in [-0.3, -0.25) is 10.1 Å². The number of hydrogen-bond donors (Lipinski definition) is 3. The predicted molar refractivity (Wildman–Crippen MR) is 91.9 cm³/mol. The van der Waals surface area contributed by atoms with Gasteiger partial charge in [-0.1, -0.05) is 0 Å². The Labute approximate surface area is 138 Å². The molecule has 1 aromatic rings. The van der Waals surface area contributed by atoms with Crippen molar-refractivity contribution in [2.45, 2.75) is 54.1 Å². The van der Waals surface area contributed by atoms with Gasteiger partial charge in [-0.15, -0.1) is 0 Å². The maximum absolute atomic E-state index is 11.8. The second-order valence-corrected chi connectivity index (χ2v) is 6.34. The van der Waals surface area contributed by atoms with E-state index >= 15 is 0 Å². The monoisotopic (exact) mass is 324 g/mol. The molecule has 0 spiro atoms. The van der Waals surface area contributed by atoms with Crippen LogP contribution in [0.4, 0.5) is 10.5 Å². The number of anilines is 1. The van der Waals surface area contributed by atoms with E-state index in [1.807, 2.05) is 40.7 Å². The molecule has 6 heteroatoms. The molecule has 23 heavy (non-hydrogen) atoms. The smallest absolute Gasteiger partial charge is 0.412 e. The summed E-state index contributed by atoms with van der Waals surface area (Å²) in [5.74, 6) is -0.968. The standard InChI is InChI=1S/C15H23NO2.C2H5NO2/c1-9-8-13(12(4)11(3)10(9)2)16-14(17)18-15(5,6)7;3-1-2(4)5/h8H,1-7H3,(H,16,17);1,3H2,(H,4,5). The van der Waals surface area contributed by atoms with Crippen LogP contribution in [0.15, 0.2) is 6.07 Å². The highest BCUT2D eigenvalue weighted by Gasteiger charge is 2.17. The summed E-state index contributed by atoms with van der Waals surface area (Å²) in [4.78, 5) is 21.0. The normalized spacial score (nSPS) is 10.4. The van der Waals surface area contributed by atoms with Crippen LogP contribution in [0.1, 0.15) is 43.0 Å². The number of carboxylic acids is 1. The zero-order valence-corrected chi connectivity index (χ0v) is 15.0. The Morgan fingerprint density at radius 3 is 2.00 bits per heavy atom. The molecule has 0 heterocycles. The van der Waals surface area contributed by atoms with Gasteiger partial charge in [-0.2, -0.15) is 0 Å². The molecule has 4 N–H and O–H groups in total. The zero-order valence-electron chi connectivity index (χ0n) is 15.0. The van der Waals surface area contributed by atoms with Gasteiger partial charge in [-0.25, -0.2) is 4.79 Å². The van der Waals surface area contributed by atoms with Gasteiger partial charge >= 0.3 is 12.1 Å². The fourth-order valence-electron chi connectivity index (χ4n) is 1.76. The van der Waals surface area contributed by atoms with Crippen LogP contribution >= 0.6 is 0 Å². The van der Waals surface area contributed by atoms with Crippen LogP contribution in [0.2, 0.25) is 0 Å². The molecule has 0 fully saturated rings. The Bertz CT molecular complexity index is 575. The summed E-state index contributed by atoms with van der Waals surface area (Å²) in [7, 11) is 0. The average Bonchev–Trinajstić information content (AvgIpc) is 2.41. The molecule has 0 saturated heterocycles. The van der Waals surface area contributed by atoms with E-state index < -0.39 is 17.7 Å². The molecular weight excluding hydrogens is 296 g/mol. The molecule has 1 rings (SSSR count). The highest BCUT2D eigenvalue weighted by atomic mass is 16.6. The van der Waals surface area contributed by atoms with E-state index in [1.165, 1.54) is 16.7 Å². The van der Waals surface area contributed by atoms with E-state index in [9.17, 15) is 9.59 Å². The summed E-state index contributed by atoms with van der Waals surface area (Å²) in [5, 5.41) is 10.4. The number of nitrogens with two attached hydrogens (primary N) is 1. The Morgan fingerprint density at radius 2 is 1.61 bits per heavy atom. The van der Waals surface area contributed by atoms with Crippen LogP contribution in [-0.4, -0.2) is 29.3 Å². The molecule has 0 unspecified atom stereocenters. The summed E-state index contributed by atoms with van der Waals surface area (Å²) in [6.07, 6.45) is -0.409. The second-order valence-electron chi connectivity index (χ2n) is 6.34. The first-order chi connectivity index (χ1) is 10.4. The third-order valence-corrected chi connectivity index (χ3v) is 3.29. The first-order valence-corrected chi connectivity index (χ1v) is 7.38. The van der Waals surface area contributed by atoms with Crippen LogP contribution in [0.5, 0.6) is 0 Å². The van der Waals surface area contributed by atoms with E-state index in [0.29, 0.717) is 0 Å². The van der Waals surface area contributed by atoms with E-state index in [-0.39, 0.29) is 6.54 Å². The van der Waals surface area contributed by atoms with Gasteiger partial charge in [-0.05, 0) is 76.8 Å². The molecule has 130 valence electrons. The molecule has 0 aliphatic rings. The van der Waals surface area contributed by atoms with Crippen molar-refractivity contribution in [3.8, 4) is 0 Å². The van der Waals surface area contributed by atoms with Crippen molar-refractivity contribution in [1.29, 1.82) is 0 Å². The van der Waals surface area contributed by atoms with E-state index in [2.05, 4.69) is 24.9 Å². The van der Waals surface area contributed by atoms with Crippen molar-refractivity contribution in [3.05, 3.63) is 28.3 Å². The molecule has 0 aromatic heterocycles. The second kappa shape index (κ2) is 8.53. The van der Waals surface area contributed by atoms with Crippen LogP contribution in [0, 0.1) is 27.7 Å². The van der Waals surface area contributed by atoms with E-state index in [4.69, 9.17) is 9.84 Å². The summed E-state index contributed by atoms with van der Waals surface area (Å²) >= 11 is 0. The highest BCUT2D eigenvalue weighted by molar-refractivity contribution is 5.86. The molecule has 0 saturated carbocycles. The molecule has 0 aliphatic carbocycles. The Balaban J connectivity index is 0.000000841. The molecular formula is C17H28N2O4. The molecule has 1 aromatic carbocycles. The third-order valence-electron chi connectivity index (χ3n) is 3.29. The van der Waals surface area contributed by atoms with Gasteiger partial charge in [0.05, 0.1) is 6.54 Å². The van der Waals surface area contributed by atoms with Crippen molar-refractivity contribution in [2.24, 2.45) is 5.73 Å². The topological polar surface area (TPSA) is 102 Å². The van der Waals surface area contributed by atoms with Crippen molar-refractivity contribution >= 4 is 17.7 Å². The van der Waals surface area contributed by atoms with Gasteiger partial charge in [0.2, 0.25) is 0 Å². The first kappa shape index (κ1) is 20.9. The van der Waals surface area contributed by atoms with Crippen LogP contribution in [0.3, 0.4) is 0 Å². The number of carbonyl (C=O) groups excluding carboxylic acids is 1. The molecule has 0 atom stereocenters. The maximum Gasteiger partial charge on any atom is 0.412 e. The molecule has 0 bridgehead atoms. The lowest BCUT2D eigenvalue weighted by molar-refractivity contribution is -0.135. The van der Waals surface area contributed by atoms with Gasteiger partial charge in [0.25, 0.3) is 0 Å². The zero-order chi connectivity index (χ0) is 18.4. The number of ether oxygens (including phenoxy) is 1. The highest BCUT2D eigenvalue weighted by Crippen LogP contribution is 2.25. The minimum absolute atomic E-state index is 0.278. The van der Waals surface area contributed by atoms with Crippen molar-refractivity contribution < 1.29 is 19.4 Å². The summed E-state index contributed by atoms with van der Waals surface area (Å²) < 4.78 is 5.26. The number of amides is 1. The minimum Gasteiger partial charge on any atom is -0.480 e. The SMILES string of the molecule is Cc1cc(NC(=O)OC(C)(C)C)c(C)c(C)c1C.NCC(=O)O. The Morgan fingerprint density at radius 1 is 1.13 bits per heavy atom. The lowest BCUT2D eigenvalue weighted by Gasteiger charge is -2.21. The van der Waals surface area contributed by atoms with Crippen LogP contribution in [-0.2, 0) is 9.53 Å². The van der Waals surface area contributed by atoms with Gasteiger partial charge in [0.1, 0.15) is 5.60 Å². The lowest BCUT2D eigenvalue weighted by Crippen LogP contribution is -2.27. The number of hydrogen-bond acceptors (Lipinski definition) is 4. The number of benzene rings is 1. The minimum atomic E-state index is -0.968. The van der Waals surface area contributed by atoms with Gasteiger partial charge in [0.15, 0.2) is 0 Å². The summed E-state index contributed by atoms with van der Waals surface area (Å²) in [5.41, 5.74) is 9.65. The van der Waals surface area contributed by atoms with Crippen molar-refractivity contribution in [1.82, 2.24) is 0 Å².